The van der Waals surface area contributed by atoms with E-state index in [-0.39, 0.29) is 24.0 Å². The quantitative estimate of drug-likeness (QED) is 0.784. The molecule has 2 aliphatic heterocycles. The van der Waals surface area contributed by atoms with Crippen LogP contribution in [-0.4, -0.2) is 35.5 Å². The number of hydrogen-bond donors (Lipinski definition) is 0. The van der Waals surface area contributed by atoms with Gasteiger partial charge in [-0.1, -0.05) is 12.1 Å². The molecule has 110 valence electrons. The highest BCUT2D eigenvalue weighted by atomic mass is 16.5. The van der Waals surface area contributed by atoms with E-state index in [1.165, 1.54) is 4.90 Å². The number of fused-ring (bicyclic) bond motifs is 1. The molecule has 0 bridgehead atoms. The number of urea groups is 1. The van der Waals surface area contributed by atoms with E-state index in [2.05, 4.69) is 0 Å². The Kier molecular flexibility index (Phi) is 2.71. The number of anilines is 1. The van der Waals surface area contributed by atoms with E-state index in [4.69, 9.17) is 4.74 Å². The van der Waals surface area contributed by atoms with Gasteiger partial charge >= 0.3 is 6.03 Å². The molecular weight excluding hydrogens is 268 g/mol. The first-order valence-electron chi connectivity index (χ1n) is 7.59. The zero-order valence-corrected chi connectivity index (χ0v) is 12.0. The standard InChI is InChI=1S/C16H18N2O3/c1-10-15(19)18(16(20)17(10)12-7-8-12)13-6-2-4-11-5-3-9-21-14(11)13/h2,4,6,10,12H,3,5,7-9H2,1H3. The number of amides is 3. The molecule has 0 aromatic heterocycles. The largest absolute Gasteiger partial charge is 0.491 e. The molecule has 2 heterocycles. The molecule has 1 atom stereocenters. The lowest BCUT2D eigenvalue weighted by Gasteiger charge is -2.24. The van der Waals surface area contributed by atoms with Crippen molar-refractivity contribution in [3.8, 4) is 5.75 Å². The predicted molar refractivity (Wildman–Crippen MR) is 77.5 cm³/mol. The molecule has 1 aromatic carbocycles. The molecule has 0 N–H and O–H groups in total. The third-order valence-electron chi connectivity index (χ3n) is 4.50. The molecule has 2 fully saturated rings. The average molecular weight is 286 g/mol. The number of nitrogens with zero attached hydrogens (tertiary/aromatic N) is 2. The monoisotopic (exact) mass is 286 g/mol. The van der Waals surface area contributed by atoms with Gasteiger partial charge in [-0.15, -0.1) is 0 Å². The molecule has 4 rings (SSSR count). The Morgan fingerprint density at radius 1 is 1.24 bits per heavy atom. The Morgan fingerprint density at radius 2 is 2.05 bits per heavy atom. The van der Waals surface area contributed by atoms with Gasteiger partial charge in [-0.2, -0.15) is 0 Å². The third kappa shape index (κ3) is 1.83. The number of aryl methyl sites for hydroxylation is 1. The van der Waals surface area contributed by atoms with Crippen LogP contribution in [0, 0.1) is 0 Å². The Hall–Kier alpha value is -2.04. The van der Waals surface area contributed by atoms with Crippen molar-refractivity contribution in [1.29, 1.82) is 0 Å². The summed E-state index contributed by atoms with van der Waals surface area (Å²) in [6.45, 7) is 2.46. The molecule has 0 radical (unpaired) electrons. The third-order valence-corrected chi connectivity index (χ3v) is 4.50. The van der Waals surface area contributed by atoms with Crippen molar-refractivity contribution < 1.29 is 14.3 Å². The van der Waals surface area contributed by atoms with Crippen LogP contribution >= 0.6 is 0 Å². The number of benzene rings is 1. The number of imide groups is 1. The van der Waals surface area contributed by atoms with Crippen LogP contribution in [0.4, 0.5) is 10.5 Å². The van der Waals surface area contributed by atoms with Gasteiger partial charge in [-0.25, -0.2) is 9.69 Å². The maximum Gasteiger partial charge on any atom is 0.332 e. The summed E-state index contributed by atoms with van der Waals surface area (Å²) in [4.78, 5) is 28.3. The molecule has 5 nitrogen and oxygen atoms in total. The van der Waals surface area contributed by atoms with Gasteiger partial charge in [0, 0.05) is 6.04 Å². The van der Waals surface area contributed by atoms with Gasteiger partial charge in [0.05, 0.1) is 12.3 Å². The van der Waals surface area contributed by atoms with E-state index in [9.17, 15) is 9.59 Å². The number of para-hydroxylation sites is 1. The summed E-state index contributed by atoms with van der Waals surface area (Å²) in [5, 5.41) is 0. The van der Waals surface area contributed by atoms with Crippen LogP contribution in [0.3, 0.4) is 0 Å². The van der Waals surface area contributed by atoms with Crippen molar-refractivity contribution in [2.75, 3.05) is 11.5 Å². The fourth-order valence-corrected chi connectivity index (χ4v) is 3.28. The molecule has 1 saturated heterocycles. The second kappa shape index (κ2) is 4.48. The summed E-state index contributed by atoms with van der Waals surface area (Å²) in [7, 11) is 0. The maximum atomic E-state index is 12.7. The van der Waals surface area contributed by atoms with Crippen molar-refractivity contribution in [3.63, 3.8) is 0 Å². The number of hydrogen-bond acceptors (Lipinski definition) is 3. The van der Waals surface area contributed by atoms with Crippen LogP contribution in [0.2, 0.25) is 0 Å². The highest BCUT2D eigenvalue weighted by Crippen LogP contribution is 2.41. The maximum absolute atomic E-state index is 12.7. The van der Waals surface area contributed by atoms with Crippen molar-refractivity contribution in [2.24, 2.45) is 0 Å². The van der Waals surface area contributed by atoms with Gasteiger partial charge < -0.3 is 9.64 Å². The van der Waals surface area contributed by atoms with E-state index >= 15 is 0 Å². The van der Waals surface area contributed by atoms with Crippen LogP contribution in [0.1, 0.15) is 31.7 Å². The molecule has 3 aliphatic rings. The topological polar surface area (TPSA) is 49.9 Å². The Bertz CT molecular complexity index is 624. The first kappa shape index (κ1) is 12.7. The van der Waals surface area contributed by atoms with Crippen molar-refractivity contribution in [3.05, 3.63) is 23.8 Å². The number of rotatable bonds is 2. The summed E-state index contributed by atoms with van der Waals surface area (Å²) in [5.74, 6) is 0.560. The molecule has 1 aliphatic carbocycles. The normalized spacial score (nSPS) is 25.1. The Labute approximate surface area is 123 Å². The molecule has 1 saturated carbocycles. The number of ether oxygens (including phenoxy) is 1. The lowest BCUT2D eigenvalue weighted by Crippen LogP contribution is -2.35. The highest BCUT2D eigenvalue weighted by molar-refractivity contribution is 6.22. The smallest absolute Gasteiger partial charge is 0.332 e. The van der Waals surface area contributed by atoms with Crippen molar-refractivity contribution >= 4 is 17.6 Å². The van der Waals surface area contributed by atoms with Gasteiger partial charge in [0.2, 0.25) is 0 Å². The van der Waals surface area contributed by atoms with Crippen LogP contribution in [0.5, 0.6) is 5.75 Å². The van der Waals surface area contributed by atoms with Crippen molar-refractivity contribution in [1.82, 2.24) is 4.90 Å². The van der Waals surface area contributed by atoms with Crippen LogP contribution < -0.4 is 9.64 Å². The lowest BCUT2D eigenvalue weighted by molar-refractivity contribution is -0.119. The fourth-order valence-electron chi connectivity index (χ4n) is 3.28. The van der Waals surface area contributed by atoms with Gasteiger partial charge in [0.1, 0.15) is 11.8 Å². The molecule has 0 spiro atoms. The van der Waals surface area contributed by atoms with E-state index < -0.39 is 0 Å². The Balaban J connectivity index is 1.76. The number of carbonyl (C=O) groups is 2. The first-order chi connectivity index (χ1) is 10.2. The highest BCUT2D eigenvalue weighted by Gasteiger charge is 2.50. The van der Waals surface area contributed by atoms with Gasteiger partial charge in [-0.3, -0.25) is 4.79 Å². The summed E-state index contributed by atoms with van der Waals surface area (Å²) in [6.07, 6.45) is 3.91. The van der Waals surface area contributed by atoms with E-state index in [1.807, 2.05) is 25.1 Å². The summed E-state index contributed by atoms with van der Waals surface area (Å²) >= 11 is 0. The van der Waals surface area contributed by atoms with Gasteiger partial charge in [0.25, 0.3) is 5.91 Å². The Morgan fingerprint density at radius 3 is 2.81 bits per heavy atom. The molecule has 21 heavy (non-hydrogen) atoms. The summed E-state index contributed by atoms with van der Waals surface area (Å²) in [5.41, 5.74) is 1.69. The second-order valence-corrected chi connectivity index (χ2v) is 5.99. The zero-order valence-electron chi connectivity index (χ0n) is 12.0. The van der Waals surface area contributed by atoms with Crippen molar-refractivity contribution in [2.45, 2.75) is 44.7 Å². The predicted octanol–water partition coefficient (Wildman–Crippen LogP) is 2.33. The summed E-state index contributed by atoms with van der Waals surface area (Å²) in [6, 6.07) is 5.38. The van der Waals surface area contributed by atoms with E-state index in [1.54, 1.807) is 4.90 Å². The van der Waals surface area contributed by atoms with E-state index in [0.717, 1.165) is 31.2 Å². The second-order valence-electron chi connectivity index (χ2n) is 5.99. The number of carbonyl (C=O) groups excluding carboxylic acids is 2. The van der Waals surface area contributed by atoms with E-state index in [0.29, 0.717) is 18.0 Å². The molecular formula is C16H18N2O3. The molecule has 1 aromatic rings. The fraction of sp³-hybridized carbons (Fsp3) is 0.500. The minimum Gasteiger partial charge on any atom is -0.491 e. The van der Waals surface area contributed by atoms with Crippen LogP contribution in [0.25, 0.3) is 0 Å². The molecule has 1 unspecified atom stereocenters. The van der Waals surface area contributed by atoms with Crippen LogP contribution in [0.15, 0.2) is 18.2 Å². The SMILES string of the molecule is CC1C(=O)N(c2cccc3c2OCCC3)C(=O)N1C1CC1. The van der Waals surface area contributed by atoms with Crippen LogP contribution in [-0.2, 0) is 11.2 Å². The molecule has 3 amide bonds. The minimum atomic E-state index is -0.371. The first-order valence-corrected chi connectivity index (χ1v) is 7.59. The van der Waals surface area contributed by atoms with Gasteiger partial charge in [0.15, 0.2) is 0 Å². The minimum absolute atomic E-state index is 0.144. The van der Waals surface area contributed by atoms with Gasteiger partial charge in [-0.05, 0) is 44.2 Å². The average Bonchev–Trinajstić information content (AvgIpc) is 3.29. The summed E-state index contributed by atoms with van der Waals surface area (Å²) < 4.78 is 5.75. The molecule has 5 heteroatoms. The lowest BCUT2D eigenvalue weighted by atomic mass is 10.0. The zero-order chi connectivity index (χ0) is 14.6.